The minimum Gasteiger partial charge on any atom is -0.496 e. The maximum atomic E-state index is 12.9. The van der Waals surface area contributed by atoms with Gasteiger partial charge in [-0.15, -0.1) is 0 Å². The number of halogens is 1. The monoisotopic (exact) mass is 362 g/mol. The molecule has 0 aliphatic carbocycles. The highest BCUT2D eigenvalue weighted by Crippen LogP contribution is 2.24. The second kappa shape index (κ2) is 7.89. The Morgan fingerprint density at radius 1 is 1.24 bits per heavy atom. The van der Waals surface area contributed by atoms with E-state index in [1.54, 1.807) is 25.3 Å². The lowest BCUT2D eigenvalue weighted by atomic mass is 10.1. The van der Waals surface area contributed by atoms with E-state index in [2.05, 4.69) is 10.00 Å². The van der Waals surface area contributed by atoms with Crippen LogP contribution in [0.25, 0.3) is 0 Å². The van der Waals surface area contributed by atoms with E-state index in [4.69, 9.17) is 16.3 Å². The second-order valence-electron chi connectivity index (χ2n) is 6.21. The molecular weight excluding hydrogens is 340 g/mol. The first-order valence-corrected chi connectivity index (χ1v) is 8.78. The van der Waals surface area contributed by atoms with Crippen molar-refractivity contribution in [3.05, 3.63) is 46.7 Å². The Bertz CT molecular complexity index is 746. The molecule has 1 aliphatic heterocycles. The number of aryl methyl sites for hydroxylation is 1. The molecule has 1 fully saturated rings. The van der Waals surface area contributed by atoms with Crippen LogP contribution < -0.4 is 4.74 Å². The maximum absolute atomic E-state index is 12.9. The van der Waals surface area contributed by atoms with Gasteiger partial charge in [0, 0.05) is 51.0 Å². The molecule has 0 unspecified atom stereocenters. The zero-order chi connectivity index (χ0) is 17.8. The number of carbonyl (C=O) groups is 1. The number of carbonyl (C=O) groups excluding carboxylic acids is 1. The fraction of sp³-hybridized carbons (Fsp3) is 0.444. The van der Waals surface area contributed by atoms with Crippen LogP contribution in [0.2, 0.25) is 5.02 Å². The molecule has 0 bridgehead atoms. The van der Waals surface area contributed by atoms with Gasteiger partial charge in [-0.2, -0.15) is 5.10 Å². The minimum atomic E-state index is -0.0262. The SMILES string of the molecule is COc1ccc(Cl)cc1C(=O)N1CCCN(Cc2ccnn2C)CC1. The van der Waals surface area contributed by atoms with Crippen LogP contribution in [-0.4, -0.2) is 58.8 Å². The van der Waals surface area contributed by atoms with Crippen molar-refractivity contribution >= 4 is 17.5 Å². The lowest BCUT2D eigenvalue weighted by Gasteiger charge is -2.23. The normalized spacial score (nSPS) is 15.9. The molecule has 3 rings (SSSR count). The van der Waals surface area contributed by atoms with Crippen molar-refractivity contribution in [1.29, 1.82) is 0 Å². The van der Waals surface area contributed by atoms with E-state index in [-0.39, 0.29) is 5.91 Å². The predicted octanol–water partition coefficient (Wildman–Crippen LogP) is 2.43. The molecule has 0 N–H and O–H groups in total. The van der Waals surface area contributed by atoms with Crippen molar-refractivity contribution < 1.29 is 9.53 Å². The van der Waals surface area contributed by atoms with Crippen molar-refractivity contribution in [2.24, 2.45) is 7.05 Å². The average Bonchev–Trinajstić information content (AvgIpc) is 2.87. The fourth-order valence-corrected chi connectivity index (χ4v) is 3.31. The topological polar surface area (TPSA) is 50.6 Å². The Morgan fingerprint density at radius 3 is 2.80 bits per heavy atom. The van der Waals surface area contributed by atoms with Gasteiger partial charge in [0.2, 0.25) is 0 Å². The molecule has 6 nitrogen and oxygen atoms in total. The van der Waals surface area contributed by atoms with E-state index in [1.165, 1.54) is 5.69 Å². The van der Waals surface area contributed by atoms with Crippen molar-refractivity contribution in [3.63, 3.8) is 0 Å². The summed E-state index contributed by atoms with van der Waals surface area (Å²) < 4.78 is 7.22. The van der Waals surface area contributed by atoms with Gasteiger partial charge >= 0.3 is 0 Å². The molecule has 0 spiro atoms. The van der Waals surface area contributed by atoms with Crippen molar-refractivity contribution in [1.82, 2.24) is 19.6 Å². The highest BCUT2D eigenvalue weighted by Gasteiger charge is 2.23. The first-order chi connectivity index (χ1) is 12.1. The summed E-state index contributed by atoms with van der Waals surface area (Å²) >= 11 is 6.06. The van der Waals surface area contributed by atoms with Gasteiger partial charge in [-0.25, -0.2) is 0 Å². The third kappa shape index (κ3) is 4.14. The number of hydrogen-bond donors (Lipinski definition) is 0. The third-order valence-corrected chi connectivity index (χ3v) is 4.81. The molecule has 1 aliphatic rings. The molecule has 1 aromatic heterocycles. The molecule has 0 radical (unpaired) electrons. The quantitative estimate of drug-likeness (QED) is 0.838. The number of methoxy groups -OCH3 is 1. The van der Waals surface area contributed by atoms with E-state index in [1.807, 2.05) is 28.9 Å². The predicted molar refractivity (Wildman–Crippen MR) is 97.0 cm³/mol. The molecule has 7 heteroatoms. The van der Waals surface area contributed by atoms with Crippen molar-refractivity contribution in [2.75, 3.05) is 33.3 Å². The van der Waals surface area contributed by atoms with Crippen LogP contribution in [0.5, 0.6) is 5.75 Å². The number of rotatable bonds is 4. The highest BCUT2D eigenvalue weighted by atomic mass is 35.5. The molecule has 1 saturated heterocycles. The van der Waals surface area contributed by atoms with Gasteiger partial charge in [0.25, 0.3) is 5.91 Å². The van der Waals surface area contributed by atoms with Gasteiger partial charge in [-0.3, -0.25) is 14.4 Å². The second-order valence-corrected chi connectivity index (χ2v) is 6.65. The summed E-state index contributed by atoms with van der Waals surface area (Å²) in [6.45, 7) is 4.06. The average molecular weight is 363 g/mol. The maximum Gasteiger partial charge on any atom is 0.257 e. The van der Waals surface area contributed by atoms with Gasteiger partial charge in [-0.05, 0) is 30.7 Å². The first kappa shape index (κ1) is 17.8. The molecule has 2 aromatic rings. The van der Waals surface area contributed by atoms with Gasteiger partial charge in [-0.1, -0.05) is 11.6 Å². The van der Waals surface area contributed by atoms with Gasteiger partial charge < -0.3 is 9.64 Å². The minimum absolute atomic E-state index is 0.0262. The smallest absolute Gasteiger partial charge is 0.257 e. The fourth-order valence-electron chi connectivity index (χ4n) is 3.14. The molecule has 25 heavy (non-hydrogen) atoms. The molecule has 134 valence electrons. The van der Waals surface area contributed by atoms with E-state index >= 15 is 0 Å². The Hall–Kier alpha value is -2.05. The van der Waals surface area contributed by atoms with E-state index < -0.39 is 0 Å². The molecule has 0 saturated carbocycles. The number of ether oxygens (including phenoxy) is 1. The molecule has 1 aromatic carbocycles. The summed E-state index contributed by atoms with van der Waals surface area (Å²) in [6, 6.07) is 7.18. The lowest BCUT2D eigenvalue weighted by molar-refractivity contribution is 0.0757. The van der Waals surface area contributed by atoms with Crippen LogP contribution in [0.4, 0.5) is 0 Å². The van der Waals surface area contributed by atoms with Crippen molar-refractivity contribution in [2.45, 2.75) is 13.0 Å². The van der Waals surface area contributed by atoms with Crippen LogP contribution >= 0.6 is 11.6 Å². The summed E-state index contributed by atoms with van der Waals surface area (Å²) in [5.74, 6) is 0.534. The summed E-state index contributed by atoms with van der Waals surface area (Å²) in [4.78, 5) is 17.2. The van der Waals surface area contributed by atoms with E-state index in [0.717, 1.165) is 32.6 Å². The van der Waals surface area contributed by atoms with Crippen LogP contribution in [0.15, 0.2) is 30.5 Å². The van der Waals surface area contributed by atoms with Crippen LogP contribution in [0, 0.1) is 0 Å². The van der Waals surface area contributed by atoms with Crippen LogP contribution in [0.1, 0.15) is 22.5 Å². The Kier molecular flexibility index (Phi) is 5.60. The lowest BCUT2D eigenvalue weighted by Crippen LogP contribution is -2.35. The standard InChI is InChI=1S/C18H23ClN4O2/c1-21-15(6-7-20-21)13-22-8-3-9-23(11-10-22)18(24)16-12-14(19)4-5-17(16)25-2/h4-7,12H,3,8-11,13H2,1-2H3. The molecule has 2 heterocycles. The van der Waals surface area contributed by atoms with Crippen molar-refractivity contribution in [3.8, 4) is 5.75 Å². The number of benzene rings is 1. The summed E-state index contributed by atoms with van der Waals surface area (Å²) in [7, 11) is 3.52. The Balaban J connectivity index is 1.67. The van der Waals surface area contributed by atoms with Gasteiger partial charge in [0.15, 0.2) is 0 Å². The van der Waals surface area contributed by atoms with Gasteiger partial charge in [0.05, 0.1) is 18.4 Å². The zero-order valence-corrected chi connectivity index (χ0v) is 15.4. The number of aromatic nitrogens is 2. The molecular formula is C18H23ClN4O2. The van der Waals surface area contributed by atoms with E-state index in [9.17, 15) is 4.79 Å². The van der Waals surface area contributed by atoms with E-state index in [0.29, 0.717) is 22.9 Å². The largest absolute Gasteiger partial charge is 0.496 e. The van der Waals surface area contributed by atoms with Gasteiger partial charge in [0.1, 0.15) is 5.75 Å². The zero-order valence-electron chi connectivity index (χ0n) is 14.6. The Morgan fingerprint density at radius 2 is 2.08 bits per heavy atom. The number of amides is 1. The Labute approximate surface area is 152 Å². The molecule has 0 atom stereocenters. The first-order valence-electron chi connectivity index (χ1n) is 8.40. The summed E-state index contributed by atoms with van der Waals surface area (Å²) in [6.07, 6.45) is 2.75. The molecule has 1 amide bonds. The van der Waals surface area contributed by atoms with Crippen LogP contribution in [0.3, 0.4) is 0 Å². The summed E-state index contributed by atoms with van der Waals surface area (Å²) in [5, 5.41) is 4.75. The highest BCUT2D eigenvalue weighted by molar-refractivity contribution is 6.31. The summed E-state index contributed by atoms with van der Waals surface area (Å²) in [5.41, 5.74) is 1.70. The number of nitrogens with zero attached hydrogens (tertiary/aromatic N) is 4. The third-order valence-electron chi connectivity index (χ3n) is 4.58. The number of hydrogen-bond acceptors (Lipinski definition) is 4. The van der Waals surface area contributed by atoms with Crippen LogP contribution in [-0.2, 0) is 13.6 Å².